The third-order valence-corrected chi connectivity index (χ3v) is 3.56. The van der Waals surface area contributed by atoms with Gasteiger partial charge in [0.25, 0.3) is 0 Å². The van der Waals surface area contributed by atoms with Crippen molar-refractivity contribution in [2.45, 2.75) is 40.7 Å². The zero-order valence-electron chi connectivity index (χ0n) is 14.8. The van der Waals surface area contributed by atoms with Crippen molar-refractivity contribution >= 4 is 5.97 Å². The number of carbonyl (C=O) groups excluding carboxylic acids is 1. The van der Waals surface area contributed by atoms with Gasteiger partial charge in [-0.25, -0.2) is 4.79 Å². The summed E-state index contributed by atoms with van der Waals surface area (Å²) in [5, 5.41) is 0. The summed E-state index contributed by atoms with van der Waals surface area (Å²) in [6, 6.07) is 0. The highest BCUT2D eigenvalue weighted by Crippen LogP contribution is 2.33. The first kappa shape index (κ1) is 19.0. The maximum Gasteiger partial charge on any atom is 0.338 e. The Bertz CT molecular complexity index is 581. The molecule has 1 atom stereocenters. The van der Waals surface area contributed by atoms with Gasteiger partial charge in [-0.05, 0) is 46.3 Å². The Morgan fingerprint density at radius 2 is 2.13 bits per heavy atom. The van der Waals surface area contributed by atoms with Crippen LogP contribution in [0.15, 0.2) is 59.6 Å². The van der Waals surface area contributed by atoms with E-state index in [1.807, 2.05) is 44.7 Å². The van der Waals surface area contributed by atoms with Gasteiger partial charge in [0.05, 0.1) is 30.6 Å². The number of carbonyl (C=O) groups is 1. The molecule has 0 aromatic heterocycles. The molecule has 1 unspecified atom stereocenters. The molecule has 1 aliphatic heterocycles. The average molecular weight is 317 g/mol. The molecule has 0 aromatic carbocycles. The van der Waals surface area contributed by atoms with Gasteiger partial charge in [0, 0.05) is 11.9 Å². The van der Waals surface area contributed by atoms with Crippen LogP contribution in [0, 0.1) is 0 Å². The zero-order valence-corrected chi connectivity index (χ0v) is 14.8. The molecule has 1 rings (SSSR count). The monoisotopic (exact) mass is 317 g/mol. The SMILES string of the molecule is C=CN1C(C(C)OCC(=C)C)=C(C)C(C(=O)OCC)=C/C1=C/C. The van der Waals surface area contributed by atoms with Crippen LogP contribution in [0.2, 0.25) is 0 Å². The Balaban J connectivity index is 3.30. The zero-order chi connectivity index (χ0) is 17.6. The lowest BCUT2D eigenvalue weighted by Gasteiger charge is -2.34. The van der Waals surface area contributed by atoms with Crippen molar-refractivity contribution in [3.05, 3.63) is 59.6 Å². The van der Waals surface area contributed by atoms with Crippen LogP contribution in [0.4, 0.5) is 0 Å². The van der Waals surface area contributed by atoms with Crippen molar-refractivity contribution in [3.63, 3.8) is 0 Å². The van der Waals surface area contributed by atoms with Crippen molar-refractivity contribution in [1.82, 2.24) is 4.90 Å². The van der Waals surface area contributed by atoms with Crippen molar-refractivity contribution in [1.29, 1.82) is 0 Å². The second-order valence-electron chi connectivity index (χ2n) is 5.47. The Hall–Kier alpha value is -2.07. The summed E-state index contributed by atoms with van der Waals surface area (Å²) in [7, 11) is 0. The average Bonchev–Trinajstić information content (AvgIpc) is 2.51. The third kappa shape index (κ3) is 4.45. The van der Waals surface area contributed by atoms with E-state index in [1.54, 1.807) is 13.1 Å². The van der Waals surface area contributed by atoms with E-state index in [0.717, 1.165) is 22.5 Å². The van der Waals surface area contributed by atoms with E-state index < -0.39 is 0 Å². The predicted molar refractivity (Wildman–Crippen MR) is 93.4 cm³/mol. The molecule has 0 saturated carbocycles. The molecule has 1 heterocycles. The van der Waals surface area contributed by atoms with Gasteiger partial charge in [0.15, 0.2) is 0 Å². The highest BCUT2D eigenvalue weighted by atomic mass is 16.5. The summed E-state index contributed by atoms with van der Waals surface area (Å²) in [6.45, 7) is 18.0. The molecule has 0 fully saturated rings. The summed E-state index contributed by atoms with van der Waals surface area (Å²) in [4.78, 5) is 14.2. The number of rotatable bonds is 7. The summed E-state index contributed by atoms with van der Waals surface area (Å²) in [5.41, 5.74) is 4.10. The second-order valence-corrected chi connectivity index (χ2v) is 5.47. The lowest BCUT2D eigenvalue weighted by atomic mass is 9.96. The van der Waals surface area contributed by atoms with Gasteiger partial charge in [0.2, 0.25) is 0 Å². The Kier molecular flexibility index (Phi) is 7.04. The summed E-state index contributed by atoms with van der Waals surface area (Å²) in [6.07, 6.45) is 5.27. The smallest absolute Gasteiger partial charge is 0.338 e. The van der Waals surface area contributed by atoms with E-state index in [2.05, 4.69) is 13.2 Å². The molecular formula is C19H27NO3. The minimum Gasteiger partial charge on any atom is -0.462 e. The Labute approximate surface area is 139 Å². The normalized spacial score (nSPS) is 17.9. The maximum atomic E-state index is 12.2. The number of esters is 1. The number of allylic oxidation sites excluding steroid dienone is 2. The van der Waals surface area contributed by atoms with Gasteiger partial charge in [-0.2, -0.15) is 0 Å². The topological polar surface area (TPSA) is 38.8 Å². The summed E-state index contributed by atoms with van der Waals surface area (Å²) < 4.78 is 11.0. The van der Waals surface area contributed by atoms with E-state index in [9.17, 15) is 4.79 Å². The number of hydrogen-bond donors (Lipinski definition) is 0. The van der Waals surface area contributed by atoms with Crippen molar-refractivity contribution in [2.75, 3.05) is 13.2 Å². The molecule has 4 heteroatoms. The van der Waals surface area contributed by atoms with Gasteiger partial charge in [0.1, 0.15) is 0 Å². The van der Waals surface area contributed by atoms with Gasteiger partial charge in [-0.3, -0.25) is 0 Å². The van der Waals surface area contributed by atoms with Crippen molar-refractivity contribution in [2.24, 2.45) is 0 Å². The van der Waals surface area contributed by atoms with Crippen LogP contribution in [0.25, 0.3) is 0 Å². The largest absolute Gasteiger partial charge is 0.462 e. The van der Waals surface area contributed by atoms with E-state index in [0.29, 0.717) is 18.8 Å². The highest BCUT2D eigenvalue weighted by Gasteiger charge is 2.29. The highest BCUT2D eigenvalue weighted by molar-refractivity contribution is 5.94. The quantitative estimate of drug-likeness (QED) is 0.523. The fourth-order valence-electron chi connectivity index (χ4n) is 2.48. The molecule has 0 radical (unpaired) electrons. The lowest BCUT2D eigenvalue weighted by Crippen LogP contribution is -2.31. The second kappa shape index (κ2) is 8.53. The molecule has 126 valence electrons. The number of ether oxygens (including phenoxy) is 2. The summed E-state index contributed by atoms with van der Waals surface area (Å²) >= 11 is 0. The van der Waals surface area contributed by atoms with Crippen molar-refractivity contribution < 1.29 is 14.3 Å². The van der Waals surface area contributed by atoms with Crippen molar-refractivity contribution in [3.8, 4) is 0 Å². The van der Waals surface area contributed by atoms with Crippen LogP contribution in [-0.4, -0.2) is 30.2 Å². The molecule has 0 bridgehead atoms. The molecule has 1 aliphatic rings. The van der Waals surface area contributed by atoms with Gasteiger partial charge in [-0.15, -0.1) is 0 Å². The van der Waals surface area contributed by atoms with Crippen LogP contribution < -0.4 is 0 Å². The first-order chi connectivity index (χ1) is 10.9. The minimum absolute atomic E-state index is 0.210. The molecule has 0 N–H and O–H groups in total. The van der Waals surface area contributed by atoms with E-state index in [4.69, 9.17) is 9.47 Å². The van der Waals surface area contributed by atoms with E-state index in [1.165, 1.54) is 0 Å². The first-order valence-corrected chi connectivity index (χ1v) is 7.81. The maximum absolute atomic E-state index is 12.2. The Morgan fingerprint density at radius 3 is 2.61 bits per heavy atom. The molecule has 0 spiro atoms. The van der Waals surface area contributed by atoms with Gasteiger partial charge < -0.3 is 14.4 Å². The minimum atomic E-state index is -0.322. The molecule has 23 heavy (non-hydrogen) atoms. The van der Waals surface area contributed by atoms with Crippen LogP contribution in [-0.2, 0) is 14.3 Å². The molecule has 4 nitrogen and oxygen atoms in total. The molecule has 0 saturated heterocycles. The molecule has 0 aromatic rings. The molecule has 0 aliphatic carbocycles. The van der Waals surface area contributed by atoms with E-state index >= 15 is 0 Å². The van der Waals surface area contributed by atoms with Crippen LogP contribution >= 0.6 is 0 Å². The number of nitrogens with zero attached hydrogens (tertiary/aromatic N) is 1. The fourth-order valence-corrected chi connectivity index (χ4v) is 2.48. The number of hydrogen-bond acceptors (Lipinski definition) is 4. The fraction of sp³-hybridized carbons (Fsp3) is 0.421. The molecular weight excluding hydrogens is 290 g/mol. The molecule has 0 amide bonds. The van der Waals surface area contributed by atoms with Crippen LogP contribution in [0.3, 0.4) is 0 Å². The first-order valence-electron chi connectivity index (χ1n) is 7.81. The van der Waals surface area contributed by atoms with Crippen LogP contribution in [0.1, 0.15) is 34.6 Å². The van der Waals surface area contributed by atoms with Gasteiger partial charge in [-0.1, -0.05) is 24.8 Å². The third-order valence-electron chi connectivity index (χ3n) is 3.56. The lowest BCUT2D eigenvalue weighted by molar-refractivity contribution is -0.138. The summed E-state index contributed by atoms with van der Waals surface area (Å²) in [5.74, 6) is -0.322. The standard InChI is InChI=1S/C19H27NO3/c1-8-16-11-17(19(21)22-10-3)14(6)18(20(16)9-2)15(7)23-12-13(4)5/h8-9,11,15H,2,4,10,12H2,1,3,5-7H3/b16-8-. The predicted octanol–water partition coefficient (Wildman–Crippen LogP) is 4.09. The van der Waals surface area contributed by atoms with Gasteiger partial charge >= 0.3 is 5.97 Å². The van der Waals surface area contributed by atoms with Crippen LogP contribution in [0.5, 0.6) is 0 Å². The van der Waals surface area contributed by atoms with E-state index in [-0.39, 0.29) is 12.1 Å². The Morgan fingerprint density at radius 1 is 1.48 bits per heavy atom.